The maximum absolute atomic E-state index is 10.2. The van der Waals surface area contributed by atoms with Gasteiger partial charge in [-0.25, -0.2) is 0 Å². The summed E-state index contributed by atoms with van der Waals surface area (Å²) in [4.78, 5) is 2.34. The lowest BCUT2D eigenvalue weighted by Crippen LogP contribution is -2.53. The lowest BCUT2D eigenvalue weighted by molar-refractivity contribution is 0.137. The number of nitrogens with one attached hydrogen (secondary N) is 1. The number of hydrogen-bond donors (Lipinski definition) is 2. The van der Waals surface area contributed by atoms with Crippen LogP contribution >= 0.6 is 11.6 Å². The molecule has 5 heteroatoms. The minimum Gasteiger partial charge on any atom is -0.504 e. The molecule has 0 amide bonds. The summed E-state index contributed by atoms with van der Waals surface area (Å²) in [7, 11) is 1.53. The van der Waals surface area contributed by atoms with E-state index in [4.69, 9.17) is 16.3 Å². The average molecular weight is 285 g/mol. The molecule has 106 valence electrons. The first-order chi connectivity index (χ1) is 9.01. The Kier molecular flexibility index (Phi) is 4.55. The summed E-state index contributed by atoms with van der Waals surface area (Å²) in [6.45, 7) is 6.93. The van der Waals surface area contributed by atoms with E-state index >= 15 is 0 Å². The standard InChI is InChI=1S/C14H21ClN2O2/c1-9-7-17(10(2)6-16-9)8-11-4-12(15)5-13(19-3)14(11)18/h4-5,9-10,16,18H,6-8H2,1-3H3. The number of hydrogen-bond acceptors (Lipinski definition) is 4. The van der Waals surface area contributed by atoms with E-state index in [2.05, 4.69) is 24.1 Å². The SMILES string of the molecule is COc1cc(Cl)cc(CN2CC(C)NCC2C)c1O. The Morgan fingerprint density at radius 2 is 2.21 bits per heavy atom. The van der Waals surface area contributed by atoms with Crippen LogP contribution in [0.5, 0.6) is 11.5 Å². The molecular formula is C14H21ClN2O2. The Labute approximate surface area is 119 Å². The molecule has 1 aliphatic rings. The summed E-state index contributed by atoms with van der Waals surface area (Å²) in [5, 5.41) is 14.2. The predicted molar refractivity (Wildman–Crippen MR) is 77.0 cm³/mol. The number of halogens is 1. The molecule has 0 bridgehead atoms. The smallest absolute Gasteiger partial charge is 0.162 e. The zero-order chi connectivity index (χ0) is 14.0. The largest absolute Gasteiger partial charge is 0.504 e. The van der Waals surface area contributed by atoms with Crippen molar-refractivity contribution in [3.63, 3.8) is 0 Å². The van der Waals surface area contributed by atoms with Gasteiger partial charge in [-0.3, -0.25) is 4.90 Å². The van der Waals surface area contributed by atoms with Crippen molar-refractivity contribution in [3.05, 3.63) is 22.7 Å². The van der Waals surface area contributed by atoms with Crippen LogP contribution in [0, 0.1) is 0 Å². The fourth-order valence-electron chi connectivity index (χ4n) is 2.44. The van der Waals surface area contributed by atoms with Crippen molar-refractivity contribution >= 4 is 11.6 Å². The third-order valence-electron chi connectivity index (χ3n) is 3.61. The van der Waals surface area contributed by atoms with Crippen LogP contribution in [0.4, 0.5) is 0 Å². The van der Waals surface area contributed by atoms with Crippen molar-refractivity contribution in [2.45, 2.75) is 32.5 Å². The van der Waals surface area contributed by atoms with E-state index in [1.165, 1.54) is 7.11 Å². The molecule has 1 aliphatic heterocycles. The number of phenolic OH excluding ortho intramolecular Hbond substituents is 1. The molecular weight excluding hydrogens is 264 g/mol. The van der Waals surface area contributed by atoms with Crippen molar-refractivity contribution in [1.29, 1.82) is 0 Å². The molecule has 0 spiro atoms. The Morgan fingerprint density at radius 1 is 1.47 bits per heavy atom. The van der Waals surface area contributed by atoms with Gasteiger partial charge in [0, 0.05) is 48.4 Å². The molecule has 0 radical (unpaired) electrons. The maximum Gasteiger partial charge on any atom is 0.162 e. The van der Waals surface area contributed by atoms with Crippen molar-refractivity contribution in [2.75, 3.05) is 20.2 Å². The predicted octanol–water partition coefficient (Wildman–Crippen LogP) is 2.24. The van der Waals surface area contributed by atoms with E-state index in [0.29, 0.717) is 29.4 Å². The van der Waals surface area contributed by atoms with Gasteiger partial charge in [-0.2, -0.15) is 0 Å². The second-order valence-electron chi connectivity index (χ2n) is 5.20. The van der Waals surface area contributed by atoms with Gasteiger partial charge in [0.15, 0.2) is 11.5 Å². The molecule has 1 saturated heterocycles. The first-order valence-electron chi connectivity index (χ1n) is 6.54. The van der Waals surface area contributed by atoms with Crippen LogP contribution in [0.25, 0.3) is 0 Å². The highest BCUT2D eigenvalue weighted by atomic mass is 35.5. The fraction of sp³-hybridized carbons (Fsp3) is 0.571. The van der Waals surface area contributed by atoms with Crippen LogP contribution in [0.1, 0.15) is 19.4 Å². The Morgan fingerprint density at radius 3 is 2.89 bits per heavy atom. The normalized spacial score (nSPS) is 24.4. The third kappa shape index (κ3) is 3.32. The summed E-state index contributed by atoms with van der Waals surface area (Å²) in [6.07, 6.45) is 0. The molecule has 1 heterocycles. The summed E-state index contributed by atoms with van der Waals surface area (Å²) in [5.74, 6) is 0.614. The van der Waals surface area contributed by atoms with E-state index in [0.717, 1.165) is 18.7 Å². The van der Waals surface area contributed by atoms with Crippen LogP contribution in [0.2, 0.25) is 5.02 Å². The second kappa shape index (κ2) is 5.99. The zero-order valence-corrected chi connectivity index (χ0v) is 12.4. The molecule has 1 aromatic carbocycles. The zero-order valence-electron chi connectivity index (χ0n) is 11.6. The molecule has 4 nitrogen and oxygen atoms in total. The van der Waals surface area contributed by atoms with Gasteiger partial charge in [0.25, 0.3) is 0 Å². The number of rotatable bonds is 3. The summed E-state index contributed by atoms with van der Waals surface area (Å²) >= 11 is 6.06. The molecule has 19 heavy (non-hydrogen) atoms. The number of piperazine rings is 1. The fourth-order valence-corrected chi connectivity index (χ4v) is 2.67. The van der Waals surface area contributed by atoms with Crippen LogP contribution in [0.3, 0.4) is 0 Å². The number of methoxy groups -OCH3 is 1. The van der Waals surface area contributed by atoms with Gasteiger partial charge in [0.05, 0.1) is 7.11 Å². The maximum atomic E-state index is 10.2. The summed E-state index contributed by atoms with van der Waals surface area (Å²) in [6, 6.07) is 4.32. The van der Waals surface area contributed by atoms with Crippen molar-refractivity contribution in [2.24, 2.45) is 0 Å². The van der Waals surface area contributed by atoms with Crippen LogP contribution < -0.4 is 10.1 Å². The molecule has 2 N–H and O–H groups in total. The number of nitrogens with zero attached hydrogens (tertiary/aromatic N) is 1. The van der Waals surface area contributed by atoms with Crippen LogP contribution in [0.15, 0.2) is 12.1 Å². The Hall–Kier alpha value is -0.970. The number of ether oxygens (including phenoxy) is 1. The topological polar surface area (TPSA) is 44.7 Å². The van der Waals surface area contributed by atoms with E-state index < -0.39 is 0 Å². The lowest BCUT2D eigenvalue weighted by Gasteiger charge is -2.37. The molecule has 2 rings (SSSR count). The van der Waals surface area contributed by atoms with E-state index in [1.807, 2.05) is 0 Å². The minimum absolute atomic E-state index is 0.185. The van der Waals surface area contributed by atoms with E-state index in [-0.39, 0.29) is 5.75 Å². The van der Waals surface area contributed by atoms with Gasteiger partial charge in [-0.15, -0.1) is 0 Å². The van der Waals surface area contributed by atoms with Gasteiger partial charge in [0.2, 0.25) is 0 Å². The minimum atomic E-state index is 0.185. The second-order valence-corrected chi connectivity index (χ2v) is 5.64. The highest BCUT2D eigenvalue weighted by molar-refractivity contribution is 6.30. The van der Waals surface area contributed by atoms with Crippen molar-refractivity contribution in [1.82, 2.24) is 10.2 Å². The Balaban J connectivity index is 2.20. The van der Waals surface area contributed by atoms with Crippen molar-refractivity contribution in [3.8, 4) is 11.5 Å². The number of benzene rings is 1. The third-order valence-corrected chi connectivity index (χ3v) is 3.82. The first-order valence-corrected chi connectivity index (χ1v) is 6.92. The number of phenols is 1. The molecule has 2 unspecified atom stereocenters. The van der Waals surface area contributed by atoms with E-state index in [9.17, 15) is 5.11 Å². The lowest BCUT2D eigenvalue weighted by atomic mass is 10.1. The highest BCUT2D eigenvalue weighted by Crippen LogP contribution is 2.34. The van der Waals surface area contributed by atoms with Gasteiger partial charge >= 0.3 is 0 Å². The van der Waals surface area contributed by atoms with Gasteiger partial charge in [-0.05, 0) is 19.9 Å². The van der Waals surface area contributed by atoms with Crippen molar-refractivity contribution < 1.29 is 9.84 Å². The molecule has 2 atom stereocenters. The summed E-state index contributed by atoms with van der Waals surface area (Å²) < 4.78 is 5.14. The monoisotopic (exact) mass is 284 g/mol. The first kappa shape index (κ1) is 14.4. The molecule has 0 saturated carbocycles. The summed E-state index contributed by atoms with van der Waals surface area (Å²) in [5.41, 5.74) is 0.810. The quantitative estimate of drug-likeness (QED) is 0.893. The van der Waals surface area contributed by atoms with Gasteiger partial charge in [0.1, 0.15) is 0 Å². The molecule has 1 aromatic rings. The van der Waals surface area contributed by atoms with E-state index in [1.54, 1.807) is 12.1 Å². The molecule has 1 fully saturated rings. The van der Waals surface area contributed by atoms with Crippen LogP contribution in [-0.2, 0) is 6.54 Å². The average Bonchev–Trinajstić information content (AvgIpc) is 2.37. The molecule has 0 aromatic heterocycles. The van der Waals surface area contributed by atoms with Gasteiger partial charge in [-0.1, -0.05) is 11.6 Å². The Bertz CT molecular complexity index is 453. The number of aromatic hydroxyl groups is 1. The molecule has 0 aliphatic carbocycles. The van der Waals surface area contributed by atoms with Crippen LogP contribution in [-0.4, -0.2) is 42.3 Å². The highest BCUT2D eigenvalue weighted by Gasteiger charge is 2.23. The van der Waals surface area contributed by atoms with Gasteiger partial charge < -0.3 is 15.2 Å².